The average Bonchev–Trinajstić information content (AvgIpc) is 2.35. The van der Waals surface area contributed by atoms with E-state index in [1.807, 2.05) is 7.05 Å². The summed E-state index contributed by atoms with van der Waals surface area (Å²) in [7, 11) is 1.86. The van der Waals surface area contributed by atoms with Crippen molar-refractivity contribution >= 4 is 10.8 Å². The summed E-state index contributed by atoms with van der Waals surface area (Å²) in [5, 5.41) is 8.78. The Kier molecular flexibility index (Phi) is 3.10. The third-order valence-electron chi connectivity index (χ3n) is 2.67. The van der Waals surface area contributed by atoms with E-state index in [2.05, 4.69) is 59.7 Å². The minimum atomic E-state index is 0.793. The smallest absolute Gasteiger partial charge is 0.0912 e. The van der Waals surface area contributed by atoms with Gasteiger partial charge in [0.15, 0.2) is 0 Å². The molecule has 2 heteroatoms. The Morgan fingerprint density at radius 1 is 1.12 bits per heavy atom. The van der Waals surface area contributed by atoms with Crippen LogP contribution in [0.25, 0.3) is 10.8 Å². The van der Waals surface area contributed by atoms with Crippen LogP contribution in [0.4, 0.5) is 0 Å². The van der Waals surface area contributed by atoms with Crippen LogP contribution in [0.15, 0.2) is 54.9 Å². The third kappa shape index (κ3) is 2.16. The Labute approximate surface area is 96.0 Å². The third-order valence-corrected chi connectivity index (χ3v) is 2.67. The Morgan fingerprint density at radius 2 is 1.88 bits per heavy atom. The number of rotatable bonds is 4. The monoisotopic (exact) mass is 212 g/mol. The molecule has 0 spiro atoms. The molecule has 0 saturated carbocycles. The number of benzene rings is 2. The normalized spacial score (nSPS) is 10.1. The number of fused-ring (bicyclic) bond motifs is 1. The minimum absolute atomic E-state index is 0.793. The average molecular weight is 212 g/mol. The van der Waals surface area contributed by atoms with Crippen LogP contribution in [0, 0.1) is 0 Å². The highest BCUT2D eigenvalue weighted by atomic mass is 15.1. The molecule has 2 N–H and O–H groups in total. The maximum absolute atomic E-state index is 3.85. The molecule has 0 unspecified atom stereocenters. The lowest BCUT2D eigenvalue weighted by molar-refractivity contribution is 0.745. The molecule has 16 heavy (non-hydrogen) atoms. The summed E-state index contributed by atoms with van der Waals surface area (Å²) in [6.07, 6.45) is 0. The van der Waals surface area contributed by atoms with Gasteiger partial charge < -0.3 is 10.6 Å². The molecular formula is C14H16N2. The number of nitrogens with one attached hydrogen (secondary N) is 2. The number of hydrogen-bond donors (Lipinski definition) is 2. The van der Waals surface area contributed by atoms with Crippen molar-refractivity contribution in [2.24, 2.45) is 0 Å². The highest BCUT2D eigenvalue weighted by Gasteiger charge is 1.99. The maximum atomic E-state index is 3.85. The lowest BCUT2D eigenvalue weighted by atomic mass is 10.0. The van der Waals surface area contributed by atoms with Crippen LogP contribution in [0.2, 0.25) is 0 Å². The summed E-state index contributed by atoms with van der Waals surface area (Å²) in [4.78, 5) is 0. The largest absolute Gasteiger partial charge is 0.375 e. The summed E-state index contributed by atoms with van der Waals surface area (Å²) < 4.78 is 0. The van der Waals surface area contributed by atoms with E-state index >= 15 is 0 Å². The highest BCUT2D eigenvalue weighted by molar-refractivity contribution is 5.85. The maximum Gasteiger partial charge on any atom is 0.0912 e. The van der Waals surface area contributed by atoms with E-state index in [1.165, 1.54) is 16.3 Å². The van der Waals surface area contributed by atoms with Gasteiger partial charge in [0.1, 0.15) is 0 Å². The van der Waals surface area contributed by atoms with Gasteiger partial charge in [-0.15, -0.1) is 0 Å². The van der Waals surface area contributed by atoms with E-state index < -0.39 is 0 Å². The first-order valence-corrected chi connectivity index (χ1v) is 5.38. The van der Waals surface area contributed by atoms with Crippen LogP contribution in [0.1, 0.15) is 5.56 Å². The van der Waals surface area contributed by atoms with E-state index in [0.717, 1.165) is 12.4 Å². The van der Waals surface area contributed by atoms with Gasteiger partial charge in [-0.3, -0.25) is 0 Å². The molecule has 0 aliphatic heterocycles. The van der Waals surface area contributed by atoms with Crippen LogP contribution in [-0.4, -0.2) is 7.05 Å². The fourth-order valence-corrected chi connectivity index (χ4v) is 1.74. The zero-order chi connectivity index (χ0) is 11.4. The summed E-state index contributed by atoms with van der Waals surface area (Å²) in [6.45, 7) is 4.64. The van der Waals surface area contributed by atoms with Crippen molar-refractivity contribution in [2.75, 3.05) is 7.05 Å². The molecule has 2 aromatic carbocycles. The van der Waals surface area contributed by atoms with Gasteiger partial charge in [-0.25, -0.2) is 0 Å². The Hall–Kier alpha value is -1.96. The molecule has 2 aromatic rings. The summed E-state index contributed by atoms with van der Waals surface area (Å²) >= 11 is 0. The SMILES string of the molecule is C=C(NC)NCc1cccc2ccccc12. The Morgan fingerprint density at radius 3 is 2.69 bits per heavy atom. The van der Waals surface area contributed by atoms with Crippen molar-refractivity contribution in [1.82, 2.24) is 10.6 Å². The lowest BCUT2D eigenvalue weighted by Gasteiger charge is -2.10. The first-order valence-electron chi connectivity index (χ1n) is 5.38. The van der Waals surface area contributed by atoms with Gasteiger partial charge in [0.2, 0.25) is 0 Å². The molecule has 0 bridgehead atoms. The molecule has 0 aromatic heterocycles. The van der Waals surface area contributed by atoms with Crippen LogP contribution < -0.4 is 10.6 Å². The molecular weight excluding hydrogens is 196 g/mol. The van der Waals surface area contributed by atoms with Gasteiger partial charge in [0, 0.05) is 13.6 Å². The Balaban J connectivity index is 2.27. The van der Waals surface area contributed by atoms with Crippen molar-refractivity contribution in [1.29, 1.82) is 0 Å². The highest BCUT2D eigenvalue weighted by Crippen LogP contribution is 2.18. The predicted molar refractivity (Wildman–Crippen MR) is 69.0 cm³/mol. The molecule has 0 aliphatic rings. The van der Waals surface area contributed by atoms with E-state index in [1.54, 1.807) is 0 Å². The first-order chi connectivity index (χ1) is 7.81. The van der Waals surface area contributed by atoms with Crippen LogP contribution in [-0.2, 0) is 6.54 Å². The van der Waals surface area contributed by atoms with E-state index in [0.29, 0.717) is 0 Å². The van der Waals surface area contributed by atoms with Gasteiger partial charge in [-0.1, -0.05) is 49.0 Å². The lowest BCUT2D eigenvalue weighted by Crippen LogP contribution is -2.21. The summed E-state index contributed by atoms with van der Waals surface area (Å²) in [5.41, 5.74) is 1.29. The zero-order valence-corrected chi connectivity index (χ0v) is 9.46. The van der Waals surface area contributed by atoms with Gasteiger partial charge >= 0.3 is 0 Å². The second-order valence-electron chi connectivity index (χ2n) is 3.72. The van der Waals surface area contributed by atoms with Crippen molar-refractivity contribution in [3.63, 3.8) is 0 Å². The van der Waals surface area contributed by atoms with Crippen LogP contribution in [0.3, 0.4) is 0 Å². The van der Waals surface area contributed by atoms with E-state index in [-0.39, 0.29) is 0 Å². The van der Waals surface area contributed by atoms with Gasteiger partial charge in [-0.05, 0) is 16.3 Å². The molecule has 2 rings (SSSR count). The molecule has 0 heterocycles. The molecule has 0 radical (unpaired) electrons. The zero-order valence-electron chi connectivity index (χ0n) is 9.46. The van der Waals surface area contributed by atoms with Crippen LogP contribution in [0.5, 0.6) is 0 Å². The molecule has 0 amide bonds. The molecule has 0 fully saturated rings. The van der Waals surface area contributed by atoms with Crippen molar-refractivity contribution in [3.8, 4) is 0 Å². The molecule has 0 atom stereocenters. The molecule has 0 saturated heterocycles. The van der Waals surface area contributed by atoms with Gasteiger partial charge in [0.25, 0.3) is 0 Å². The van der Waals surface area contributed by atoms with E-state index in [9.17, 15) is 0 Å². The quantitative estimate of drug-likeness (QED) is 0.814. The topological polar surface area (TPSA) is 24.1 Å². The van der Waals surface area contributed by atoms with E-state index in [4.69, 9.17) is 0 Å². The first kappa shape index (κ1) is 10.6. The fourth-order valence-electron chi connectivity index (χ4n) is 1.74. The molecule has 2 nitrogen and oxygen atoms in total. The molecule has 82 valence electrons. The Bertz CT molecular complexity index is 498. The van der Waals surface area contributed by atoms with Gasteiger partial charge in [-0.2, -0.15) is 0 Å². The van der Waals surface area contributed by atoms with Crippen LogP contribution >= 0.6 is 0 Å². The van der Waals surface area contributed by atoms with Crippen molar-refractivity contribution in [2.45, 2.75) is 6.54 Å². The fraction of sp³-hybridized carbons (Fsp3) is 0.143. The summed E-state index contributed by atoms with van der Waals surface area (Å²) in [6, 6.07) is 14.8. The predicted octanol–water partition coefficient (Wildman–Crippen LogP) is 2.62. The second kappa shape index (κ2) is 4.71. The standard InChI is InChI=1S/C14H16N2/c1-11(15-2)16-10-13-8-5-7-12-6-3-4-9-14(12)13/h3-9,15-16H,1,10H2,2H3. The van der Waals surface area contributed by atoms with Crippen molar-refractivity contribution < 1.29 is 0 Å². The van der Waals surface area contributed by atoms with Crippen molar-refractivity contribution in [3.05, 3.63) is 60.4 Å². The summed E-state index contributed by atoms with van der Waals surface area (Å²) in [5.74, 6) is 0.841. The minimum Gasteiger partial charge on any atom is -0.375 e. The molecule has 0 aliphatic carbocycles. The van der Waals surface area contributed by atoms with Gasteiger partial charge in [0.05, 0.1) is 5.82 Å². The number of hydrogen-bond acceptors (Lipinski definition) is 2. The second-order valence-corrected chi connectivity index (χ2v) is 3.72.